The van der Waals surface area contributed by atoms with Gasteiger partial charge in [0.1, 0.15) is 6.29 Å². The molecule has 0 unspecified atom stereocenters. The topological polar surface area (TPSA) is 30.0 Å². The van der Waals surface area contributed by atoms with Gasteiger partial charge in [0.2, 0.25) is 0 Å². The number of benzene rings is 2. The van der Waals surface area contributed by atoms with Crippen molar-refractivity contribution in [1.29, 1.82) is 0 Å². The monoisotopic (exact) mass is 267 g/mol. The number of aromatic nitrogens is 1. The lowest BCUT2D eigenvalue weighted by molar-refractivity contribution is -0.107. The Morgan fingerprint density at radius 1 is 1.11 bits per heavy atom. The quantitative estimate of drug-likeness (QED) is 0.666. The standard InChI is InChI=1S/C16H13NOS/c18-10-2-3-12-6-8-13(9-7-12)14-4-1-5-15-16(14)19-11-17-15/h1,4-11H,2-3H2. The molecule has 0 aliphatic carbocycles. The van der Waals surface area contributed by atoms with Crippen molar-refractivity contribution in [3.8, 4) is 11.1 Å². The lowest BCUT2D eigenvalue weighted by Gasteiger charge is -2.04. The number of carbonyl (C=O) groups is 1. The molecule has 3 rings (SSSR count). The minimum absolute atomic E-state index is 0.587. The number of hydrogen-bond donors (Lipinski definition) is 0. The van der Waals surface area contributed by atoms with E-state index in [1.54, 1.807) is 11.3 Å². The summed E-state index contributed by atoms with van der Waals surface area (Å²) < 4.78 is 1.23. The van der Waals surface area contributed by atoms with Crippen LogP contribution in [-0.4, -0.2) is 11.3 Å². The molecular weight excluding hydrogens is 254 g/mol. The van der Waals surface area contributed by atoms with Gasteiger partial charge >= 0.3 is 0 Å². The molecule has 0 bridgehead atoms. The van der Waals surface area contributed by atoms with E-state index in [4.69, 9.17) is 0 Å². The van der Waals surface area contributed by atoms with Crippen molar-refractivity contribution in [3.63, 3.8) is 0 Å². The van der Waals surface area contributed by atoms with Gasteiger partial charge in [0, 0.05) is 12.0 Å². The minimum Gasteiger partial charge on any atom is -0.303 e. The fraction of sp³-hybridized carbons (Fsp3) is 0.125. The molecule has 0 atom stereocenters. The third-order valence-corrected chi connectivity index (χ3v) is 4.05. The zero-order valence-electron chi connectivity index (χ0n) is 10.4. The van der Waals surface area contributed by atoms with Gasteiger partial charge in [-0.25, -0.2) is 4.98 Å². The summed E-state index contributed by atoms with van der Waals surface area (Å²) in [6.07, 6.45) is 2.37. The Labute approximate surface area is 115 Å². The largest absolute Gasteiger partial charge is 0.303 e. The second kappa shape index (κ2) is 5.33. The predicted molar refractivity (Wildman–Crippen MR) is 79.4 cm³/mol. The second-order valence-corrected chi connectivity index (χ2v) is 5.26. The normalized spacial score (nSPS) is 10.7. The summed E-state index contributed by atoms with van der Waals surface area (Å²) in [6.45, 7) is 0. The van der Waals surface area contributed by atoms with E-state index in [2.05, 4.69) is 35.3 Å². The third-order valence-electron chi connectivity index (χ3n) is 3.17. The van der Waals surface area contributed by atoms with Crippen molar-refractivity contribution >= 4 is 27.8 Å². The van der Waals surface area contributed by atoms with E-state index in [1.807, 2.05) is 17.6 Å². The molecular formula is C16H13NOS. The Balaban J connectivity index is 1.97. The summed E-state index contributed by atoms with van der Waals surface area (Å²) in [5, 5.41) is 0. The lowest BCUT2D eigenvalue weighted by Crippen LogP contribution is -1.86. The van der Waals surface area contributed by atoms with E-state index in [9.17, 15) is 4.79 Å². The van der Waals surface area contributed by atoms with Gasteiger partial charge in [-0.15, -0.1) is 11.3 Å². The predicted octanol–water partition coefficient (Wildman–Crippen LogP) is 4.09. The van der Waals surface area contributed by atoms with Gasteiger partial charge in [-0.3, -0.25) is 0 Å². The van der Waals surface area contributed by atoms with Crippen LogP contribution in [0.2, 0.25) is 0 Å². The summed E-state index contributed by atoms with van der Waals surface area (Å²) in [7, 11) is 0. The molecule has 1 heterocycles. The van der Waals surface area contributed by atoms with Gasteiger partial charge in [0.15, 0.2) is 0 Å². The molecule has 1 aromatic heterocycles. The first-order valence-corrected chi connectivity index (χ1v) is 7.11. The van der Waals surface area contributed by atoms with E-state index in [0.29, 0.717) is 6.42 Å². The lowest BCUT2D eigenvalue weighted by atomic mass is 10.0. The number of fused-ring (bicyclic) bond motifs is 1. The highest BCUT2D eigenvalue weighted by Gasteiger charge is 2.05. The van der Waals surface area contributed by atoms with Crippen LogP contribution in [0.4, 0.5) is 0 Å². The molecule has 3 heteroatoms. The van der Waals surface area contributed by atoms with Crippen molar-refractivity contribution in [2.45, 2.75) is 12.8 Å². The van der Waals surface area contributed by atoms with Crippen molar-refractivity contribution in [1.82, 2.24) is 4.98 Å². The summed E-state index contributed by atoms with van der Waals surface area (Å²) in [6, 6.07) is 14.6. The number of carbonyl (C=O) groups excluding carboxylic acids is 1. The molecule has 0 amide bonds. The Morgan fingerprint density at radius 3 is 2.74 bits per heavy atom. The van der Waals surface area contributed by atoms with Gasteiger partial charge in [0.05, 0.1) is 15.7 Å². The van der Waals surface area contributed by atoms with Crippen LogP contribution in [-0.2, 0) is 11.2 Å². The summed E-state index contributed by atoms with van der Waals surface area (Å²) in [4.78, 5) is 14.7. The van der Waals surface area contributed by atoms with Gasteiger partial charge in [0.25, 0.3) is 0 Å². The fourth-order valence-corrected chi connectivity index (χ4v) is 3.02. The first kappa shape index (κ1) is 12.1. The van der Waals surface area contributed by atoms with Crippen LogP contribution in [0.25, 0.3) is 21.3 Å². The maximum Gasteiger partial charge on any atom is 0.120 e. The molecule has 2 nitrogen and oxygen atoms in total. The van der Waals surface area contributed by atoms with Gasteiger partial charge < -0.3 is 4.79 Å². The Hall–Kier alpha value is -2.00. The summed E-state index contributed by atoms with van der Waals surface area (Å²) in [5.41, 5.74) is 6.55. The van der Waals surface area contributed by atoms with Crippen LogP contribution in [0.1, 0.15) is 12.0 Å². The van der Waals surface area contributed by atoms with E-state index in [1.165, 1.54) is 21.4 Å². The minimum atomic E-state index is 0.587. The highest BCUT2D eigenvalue weighted by atomic mass is 32.1. The van der Waals surface area contributed by atoms with Crippen LogP contribution in [0.15, 0.2) is 48.0 Å². The maximum atomic E-state index is 10.4. The van der Waals surface area contributed by atoms with Gasteiger partial charge in [-0.2, -0.15) is 0 Å². The Kier molecular flexibility index (Phi) is 3.38. The molecule has 94 valence electrons. The van der Waals surface area contributed by atoms with Crippen LogP contribution in [0.3, 0.4) is 0 Å². The van der Waals surface area contributed by atoms with E-state index < -0.39 is 0 Å². The fourth-order valence-electron chi connectivity index (χ4n) is 2.19. The average molecular weight is 267 g/mol. The van der Waals surface area contributed by atoms with E-state index >= 15 is 0 Å². The number of aldehydes is 1. The highest BCUT2D eigenvalue weighted by molar-refractivity contribution is 7.17. The van der Waals surface area contributed by atoms with Crippen LogP contribution in [0, 0.1) is 0 Å². The second-order valence-electron chi connectivity index (χ2n) is 4.41. The maximum absolute atomic E-state index is 10.4. The molecule has 0 saturated heterocycles. The van der Waals surface area contributed by atoms with Crippen molar-refractivity contribution in [2.75, 3.05) is 0 Å². The van der Waals surface area contributed by atoms with Gasteiger partial charge in [-0.1, -0.05) is 36.4 Å². The molecule has 0 fully saturated rings. The van der Waals surface area contributed by atoms with Crippen molar-refractivity contribution in [3.05, 3.63) is 53.5 Å². The molecule has 2 aromatic carbocycles. The number of nitrogens with zero attached hydrogens (tertiary/aromatic N) is 1. The molecule has 0 spiro atoms. The number of hydrogen-bond acceptors (Lipinski definition) is 3. The molecule has 0 radical (unpaired) electrons. The molecule has 0 saturated carbocycles. The van der Waals surface area contributed by atoms with Crippen molar-refractivity contribution < 1.29 is 4.79 Å². The first-order chi connectivity index (χ1) is 9.38. The summed E-state index contributed by atoms with van der Waals surface area (Å²) >= 11 is 1.67. The SMILES string of the molecule is O=CCCc1ccc(-c2cccc3ncsc23)cc1. The van der Waals surface area contributed by atoms with Gasteiger partial charge in [-0.05, 0) is 23.6 Å². The van der Waals surface area contributed by atoms with E-state index in [-0.39, 0.29) is 0 Å². The summed E-state index contributed by atoms with van der Waals surface area (Å²) in [5.74, 6) is 0. The zero-order chi connectivity index (χ0) is 13.1. The average Bonchev–Trinajstić information content (AvgIpc) is 2.94. The molecule has 19 heavy (non-hydrogen) atoms. The number of rotatable bonds is 4. The van der Waals surface area contributed by atoms with E-state index in [0.717, 1.165) is 18.2 Å². The third kappa shape index (κ3) is 2.42. The smallest absolute Gasteiger partial charge is 0.120 e. The number of aryl methyl sites for hydroxylation is 1. The van der Waals surface area contributed by atoms with Crippen molar-refractivity contribution in [2.24, 2.45) is 0 Å². The number of thiazole rings is 1. The van der Waals surface area contributed by atoms with Crippen LogP contribution >= 0.6 is 11.3 Å². The molecule has 0 aliphatic heterocycles. The first-order valence-electron chi connectivity index (χ1n) is 6.23. The molecule has 0 N–H and O–H groups in total. The van der Waals surface area contributed by atoms with Crippen LogP contribution < -0.4 is 0 Å². The highest BCUT2D eigenvalue weighted by Crippen LogP contribution is 2.31. The molecule has 3 aromatic rings. The zero-order valence-corrected chi connectivity index (χ0v) is 11.2. The Bertz CT molecular complexity index is 700. The molecule has 0 aliphatic rings. The van der Waals surface area contributed by atoms with Crippen LogP contribution in [0.5, 0.6) is 0 Å². The Morgan fingerprint density at radius 2 is 1.95 bits per heavy atom.